The molecule has 0 heterocycles. The van der Waals surface area contributed by atoms with Gasteiger partial charge in [0.2, 0.25) is 0 Å². The van der Waals surface area contributed by atoms with Gasteiger partial charge in [0.05, 0.1) is 0 Å². The summed E-state index contributed by atoms with van der Waals surface area (Å²) < 4.78 is 37.4. The third kappa shape index (κ3) is 1.97. The smallest absolute Gasteiger partial charge is 0.161 e. The molecule has 0 aliphatic heterocycles. The predicted molar refractivity (Wildman–Crippen MR) is 36.8 cm³/mol. The highest BCUT2D eigenvalue weighted by Crippen LogP contribution is 2.23. The summed E-state index contributed by atoms with van der Waals surface area (Å²) in [6.07, 6.45) is 1.56. The third-order valence-electron chi connectivity index (χ3n) is 1.33. The van der Waals surface area contributed by atoms with E-state index in [0.29, 0.717) is 11.6 Å². The molecule has 0 aromatic carbocycles. The molecule has 0 amide bonds. The highest BCUT2D eigenvalue weighted by atomic mass is 19.2. The molecule has 0 nitrogen and oxygen atoms in total. The molecule has 1 aliphatic rings. The average Bonchev–Trinajstić information content (AvgIpc) is 1.93. The highest BCUT2D eigenvalue weighted by Gasteiger charge is 2.09. The van der Waals surface area contributed by atoms with Crippen molar-refractivity contribution in [3.05, 3.63) is 35.2 Å². The Hall–Kier alpha value is -0.990. The van der Waals surface area contributed by atoms with Crippen LogP contribution in [-0.4, -0.2) is 0 Å². The topological polar surface area (TPSA) is 0 Å². The molecule has 0 aromatic heterocycles. The molecule has 11 heavy (non-hydrogen) atoms. The van der Waals surface area contributed by atoms with Gasteiger partial charge in [0, 0.05) is 12.5 Å². The molecule has 1 aliphatic carbocycles. The van der Waals surface area contributed by atoms with E-state index in [0.717, 1.165) is 6.08 Å². The van der Waals surface area contributed by atoms with Gasteiger partial charge in [-0.05, 0) is 13.0 Å². The minimum Gasteiger partial charge on any atom is -0.211 e. The lowest BCUT2D eigenvalue weighted by Gasteiger charge is -1.92. The summed E-state index contributed by atoms with van der Waals surface area (Å²) in [6.45, 7) is 1.55. The first-order valence-corrected chi connectivity index (χ1v) is 3.18. The van der Waals surface area contributed by atoms with Crippen molar-refractivity contribution in [3.8, 4) is 0 Å². The monoisotopic (exact) mass is 160 g/mol. The number of hydrogen-bond acceptors (Lipinski definition) is 0. The fourth-order valence-electron chi connectivity index (χ4n) is 0.860. The molecular weight excluding hydrogens is 153 g/mol. The Balaban J connectivity index is 3.07. The molecule has 60 valence electrons. The summed E-state index contributed by atoms with van der Waals surface area (Å²) in [5.74, 6) is -2.79. The summed E-state index contributed by atoms with van der Waals surface area (Å²) in [6, 6.07) is 0. The van der Waals surface area contributed by atoms with Crippen LogP contribution in [0.1, 0.15) is 13.3 Å². The van der Waals surface area contributed by atoms with Crippen LogP contribution in [0.4, 0.5) is 13.2 Å². The van der Waals surface area contributed by atoms with Crippen LogP contribution in [-0.2, 0) is 0 Å². The van der Waals surface area contributed by atoms with Gasteiger partial charge < -0.3 is 0 Å². The van der Waals surface area contributed by atoms with Gasteiger partial charge in [-0.25, -0.2) is 13.2 Å². The van der Waals surface area contributed by atoms with E-state index in [1.54, 1.807) is 6.92 Å². The number of allylic oxidation sites excluding steroid dienone is 6. The third-order valence-corrected chi connectivity index (χ3v) is 1.33. The van der Waals surface area contributed by atoms with E-state index >= 15 is 0 Å². The largest absolute Gasteiger partial charge is 0.211 e. The number of rotatable bonds is 0. The summed E-state index contributed by atoms with van der Waals surface area (Å²) >= 11 is 0. The molecule has 0 radical (unpaired) electrons. The van der Waals surface area contributed by atoms with Crippen LogP contribution in [0, 0.1) is 0 Å². The molecule has 1 rings (SSSR count). The van der Waals surface area contributed by atoms with E-state index in [1.165, 1.54) is 0 Å². The zero-order valence-corrected chi connectivity index (χ0v) is 6.00. The Morgan fingerprint density at radius 2 is 1.64 bits per heavy atom. The fraction of sp³-hybridized carbons (Fsp3) is 0.250. The second kappa shape index (κ2) is 2.95. The van der Waals surface area contributed by atoms with E-state index in [1.807, 2.05) is 0 Å². The zero-order chi connectivity index (χ0) is 8.43. The molecular formula is C8H7F3. The fourth-order valence-corrected chi connectivity index (χ4v) is 0.860. The van der Waals surface area contributed by atoms with Crippen molar-refractivity contribution >= 4 is 0 Å². The summed E-state index contributed by atoms with van der Waals surface area (Å²) in [7, 11) is 0. The van der Waals surface area contributed by atoms with Gasteiger partial charge in [0.15, 0.2) is 11.7 Å². The maximum absolute atomic E-state index is 12.5. The maximum Gasteiger partial charge on any atom is 0.161 e. The Morgan fingerprint density at radius 3 is 2.27 bits per heavy atom. The van der Waals surface area contributed by atoms with E-state index in [9.17, 15) is 13.2 Å². The van der Waals surface area contributed by atoms with E-state index in [4.69, 9.17) is 0 Å². The first-order valence-electron chi connectivity index (χ1n) is 3.18. The molecule has 0 unspecified atom stereocenters. The van der Waals surface area contributed by atoms with Gasteiger partial charge in [-0.15, -0.1) is 0 Å². The summed E-state index contributed by atoms with van der Waals surface area (Å²) in [4.78, 5) is 0. The van der Waals surface area contributed by atoms with Crippen molar-refractivity contribution in [2.75, 3.05) is 0 Å². The summed E-state index contributed by atoms with van der Waals surface area (Å²) in [5, 5.41) is 0. The van der Waals surface area contributed by atoms with Gasteiger partial charge in [0.1, 0.15) is 5.83 Å². The van der Waals surface area contributed by atoms with Gasteiger partial charge in [-0.2, -0.15) is 0 Å². The van der Waals surface area contributed by atoms with Gasteiger partial charge >= 0.3 is 0 Å². The van der Waals surface area contributed by atoms with Crippen LogP contribution in [0.2, 0.25) is 0 Å². The summed E-state index contributed by atoms with van der Waals surface area (Å²) in [5.41, 5.74) is 0.476. The number of halogens is 3. The highest BCUT2D eigenvalue weighted by molar-refractivity contribution is 5.32. The van der Waals surface area contributed by atoms with Gasteiger partial charge in [-0.1, -0.05) is 5.57 Å². The van der Waals surface area contributed by atoms with Crippen molar-refractivity contribution in [2.45, 2.75) is 13.3 Å². The predicted octanol–water partition coefficient (Wildman–Crippen LogP) is 3.34. The van der Waals surface area contributed by atoms with Gasteiger partial charge in [-0.3, -0.25) is 0 Å². The molecule has 0 saturated carbocycles. The maximum atomic E-state index is 12.5. The lowest BCUT2D eigenvalue weighted by Crippen LogP contribution is -1.75. The quantitative estimate of drug-likeness (QED) is 0.509. The Labute approximate surface area is 62.7 Å². The van der Waals surface area contributed by atoms with Gasteiger partial charge in [0.25, 0.3) is 0 Å². The van der Waals surface area contributed by atoms with Crippen molar-refractivity contribution in [3.63, 3.8) is 0 Å². The van der Waals surface area contributed by atoms with Crippen LogP contribution >= 0.6 is 0 Å². The van der Waals surface area contributed by atoms with E-state index in [-0.39, 0.29) is 6.42 Å². The van der Waals surface area contributed by atoms with Crippen molar-refractivity contribution in [1.82, 2.24) is 0 Å². The first-order chi connectivity index (χ1) is 5.09. The second-order valence-electron chi connectivity index (χ2n) is 2.45. The molecule has 0 aromatic rings. The minimum absolute atomic E-state index is 0.0131. The molecule has 0 bridgehead atoms. The lowest BCUT2D eigenvalue weighted by atomic mass is 10.2. The van der Waals surface area contributed by atoms with Crippen molar-refractivity contribution in [1.29, 1.82) is 0 Å². The Bertz CT molecular complexity index is 233. The average molecular weight is 160 g/mol. The Morgan fingerprint density at radius 1 is 1.09 bits per heavy atom. The standard InChI is InChI=1S/C8H7F3/c1-5-2-6(9)4-8(11)7(10)3-5/h3-4H,2H2,1H3. The normalized spacial score (nSPS) is 19.3. The zero-order valence-electron chi connectivity index (χ0n) is 6.00. The molecule has 0 atom stereocenters. The Kier molecular flexibility index (Phi) is 2.17. The van der Waals surface area contributed by atoms with Crippen molar-refractivity contribution < 1.29 is 13.2 Å². The van der Waals surface area contributed by atoms with Crippen LogP contribution in [0.15, 0.2) is 35.2 Å². The molecule has 0 spiro atoms. The first kappa shape index (κ1) is 8.11. The van der Waals surface area contributed by atoms with E-state index in [2.05, 4.69) is 0 Å². The molecule has 0 N–H and O–H groups in total. The van der Waals surface area contributed by atoms with E-state index < -0.39 is 17.5 Å². The lowest BCUT2D eigenvalue weighted by molar-refractivity contribution is 0.563. The van der Waals surface area contributed by atoms with Crippen LogP contribution in [0.3, 0.4) is 0 Å². The minimum atomic E-state index is -1.14. The molecule has 3 heteroatoms. The van der Waals surface area contributed by atoms with Crippen molar-refractivity contribution in [2.24, 2.45) is 0 Å². The molecule has 0 fully saturated rings. The van der Waals surface area contributed by atoms with Crippen LogP contribution < -0.4 is 0 Å². The van der Waals surface area contributed by atoms with Crippen LogP contribution in [0.25, 0.3) is 0 Å². The molecule has 0 saturated heterocycles. The van der Waals surface area contributed by atoms with Crippen LogP contribution in [0.5, 0.6) is 0 Å². The number of hydrogen-bond donors (Lipinski definition) is 0. The SMILES string of the molecule is CC1=CC(F)=C(F)C=C(F)C1. The second-order valence-corrected chi connectivity index (χ2v) is 2.45.